The number of nitriles is 1. The number of hydrogen-bond acceptors (Lipinski definition) is 14. The summed E-state index contributed by atoms with van der Waals surface area (Å²) in [5.41, 5.74) is 21.3. The number of nitrogens with one attached hydrogen (secondary N) is 1. The van der Waals surface area contributed by atoms with Crippen LogP contribution in [0.2, 0.25) is 0 Å². The first-order valence-corrected chi connectivity index (χ1v) is 22.0. The van der Waals surface area contributed by atoms with Gasteiger partial charge in [0.15, 0.2) is 23.2 Å². The van der Waals surface area contributed by atoms with Crippen molar-refractivity contribution in [3.63, 3.8) is 0 Å². The van der Waals surface area contributed by atoms with Crippen molar-refractivity contribution in [3.05, 3.63) is 89.2 Å². The summed E-state index contributed by atoms with van der Waals surface area (Å²) in [6.07, 6.45) is 1.04. The molecule has 16 heteroatoms. The van der Waals surface area contributed by atoms with Crippen LogP contribution in [0.15, 0.2) is 66.9 Å². The summed E-state index contributed by atoms with van der Waals surface area (Å²) < 4.78 is 18.0. The van der Waals surface area contributed by atoms with Crippen molar-refractivity contribution in [1.82, 2.24) is 20.2 Å². The van der Waals surface area contributed by atoms with E-state index in [1.54, 1.807) is 44.2 Å². The molecule has 16 nitrogen and oxygen atoms in total. The first kappa shape index (κ1) is 49.5. The normalized spacial score (nSPS) is 16.7. The summed E-state index contributed by atoms with van der Waals surface area (Å²) in [5, 5.41) is 12.1. The molecule has 0 radical (unpaired) electrons. The summed E-state index contributed by atoms with van der Waals surface area (Å²) in [6, 6.07) is 17.5. The molecule has 1 aromatic heterocycles. The van der Waals surface area contributed by atoms with Crippen molar-refractivity contribution in [2.75, 3.05) is 39.9 Å². The van der Waals surface area contributed by atoms with Crippen molar-refractivity contribution >= 4 is 29.2 Å². The Kier molecular flexibility index (Phi) is 17.8. The Balaban J connectivity index is 1.55. The van der Waals surface area contributed by atoms with E-state index in [0.717, 1.165) is 5.56 Å². The third-order valence-electron chi connectivity index (χ3n) is 11.1. The number of ketones is 3. The van der Waals surface area contributed by atoms with Gasteiger partial charge in [-0.15, -0.1) is 0 Å². The number of carbonyl (C=O) groups excluding carboxylic acids is 5. The molecule has 0 fully saturated rings. The highest BCUT2D eigenvalue weighted by molar-refractivity contribution is 6.00. The smallest absolute Gasteiger partial charge is 0.226 e. The van der Waals surface area contributed by atoms with Gasteiger partial charge in [0.05, 0.1) is 29.5 Å². The van der Waals surface area contributed by atoms with Gasteiger partial charge in [0.1, 0.15) is 36.5 Å². The van der Waals surface area contributed by atoms with E-state index in [0.29, 0.717) is 51.0 Å². The average molecular weight is 889 g/mol. The third kappa shape index (κ3) is 12.8. The minimum Gasteiger partial charge on any atom is -0.492 e. The molecule has 0 saturated carbocycles. The molecule has 344 valence electrons. The number of Topliss-reactive ketones (excluding diaryl/α,β-unsaturated/α-hetero) is 3. The Labute approximate surface area is 380 Å². The maximum Gasteiger partial charge on any atom is 0.226 e. The molecular formula is C49H60N8O8. The zero-order valence-electron chi connectivity index (χ0n) is 37.8. The number of fused-ring (bicyclic) bond motifs is 5. The molecule has 1 aliphatic rings. The quantitative estimate of drug-likeness (QED) is 0.0921. The van der Waals surface area contributed by atoms with Crippen LogP contribution < -0.4 is 36.7 Å². The fourth-order valence-corrected chi connectivity index (χ4v) is 7.81. The summed E-state index contributed by atoms with van der Waals surface area (Å²) >= 11 is 0. The topological polar surface area (TPSA) is 256 Å². The van der Waals surface area contributed by atoms with Crippen LogP contribution in [-0.2, 0) is 25.6 Å². The van der Waals surface area contributed by atoms with E-state index in [2.05, 4.69) is 15.3 Å². The largest absolute Gasteiger partial charge is 0.492 e. The van der Waals surface area contributed by atoms with Gasteiger partial charge in [-0.25, -0.2) is 9.97 Å². The van der Waals surface area contributed by atoms with E-state index < -0.39 is 41.5 Å². The number of aryl methyl sites for hydroxylation is 1. The Hall–Kier alpha value is -6.54. The van der Waals surface area contributed by atoms with Crippen LogP contribution in [0.3, 0.4) is 0 Å². The number of aromatic nitrogens is 2. The molecule has 3 aromatic carbocycles. The number of likely N-dealkylation sites (N-methyl/N-ethyl adjacent to an activating group) is 1. The first-order chi connectivity index (χ1) is 31.2. The van der Waals surface area contributed by atoms with E-state index in [4.69, 9.17) is 31.4 Å². The summed E-state index contributed by atoms with van der Waals surface area (Å²) in [6.45, 7) is 8.00. The number of amides is 2. The van der Waals surface area contributed by atoms with Crippen molar-refractivity contribution in [3.8, 4) is 45.8 Å². The number of nitrogens with two attached hydrogens (primary N) is 3. The Morgan fingerprint density at radius 1 is 0.923 bits per heavy atom. The summed E-state index contributed by atoms with van der Waals surface area (Å²) in [7, 11) is 1.49. The van der Waals surface area contributed by atoms with Crippen molar-refractivity contribution < 1.29 is 38.2 Å². The summed E-state index contributed by atoms with van der Waals surface area (Å²) in [4.78, 5) is 81.1. The number of carbonyl (C=O) groups is 5. The Morgan fingerprint density at radius 3 is 2.20 bits per heavy atom. The fraction of sp³-hybridized carbons (Fsp3) is 0.429. The second-order valence-corrected chi connectivity index (χ2v) is 16.5. The van der Waals surface area contributed by atoms with Gasteiger partial charge in [-0.05, 0) is 99.8 Å². The number of hydrogen-bond donors (Lipinski definition) is 4. The number of ether oxygens (including phenoxy) is 3. The van der Waals surface area contributed by atoms with Gasteiger partial charge in [-0.2, -0.15) is 5.26 Å². The van der Waals surface area contributed by atoms with Gasteiger partial charge < -0.3 is 41.6 Å². The van der Waals surface area contributed by atoms with Gasteiger partial charge >= 0.3 is 0 Å². The van der Waals surface area contributed by atoms with Crippen LogP contribution in [-0.4, -0.2) is 96.1 Å². The van der Waals surface area contributed by atoms with Gasteiger partial charge in [0, 0.05) is 80.5 Å². The van der Waals surface area contributed by atoms with Gasteiger partial charge in [-0.3, -0.25) is 24.0 Å². The minimum absolute atomic E-state index is 0.0149. The maximum absolute atomic E-state index is 14.7. The second kappa shape index (κ2) is 23.4. The fourth-order valence-electron chi connectivity index (χ4n) is 7.81. The SMILES string of the molecule is Cc1nc(-c2ccc(OC(C)C)cc2)ncc1C(=O)C[C@@H](CCN)C(=O)N(C)[C@@H]1C(=O)C[C@@H](C)C(=O)N[C@H](C(=O)CCC#N)Cc2ccc(OCCN)c(c2)-c2cc1ccc2OCCN. The molecule has 7 N–H and O–H groups in total. The average Bonchev–Trinajstić information content (AvgIpc) is 3.28. The molecule has 4 bridgehead atoms. The van der Waals surface area contributed by atoms with Crippen LogP contribution in [0, 0.1) is 30.1 Å². The lowest BCUT2D eigenvalue weighted by atomic mass is 9.88. The molecule has 0 saturated heterocycles. The highest BCUT2D eigenvalue weighted by Crippen LogP contribution is 2.41. The number of nitrogens with zero attached hydrogens (tertiary/aromatic N) is 4. The van der Waals surface area contributed by atoms with E-state index in [-0.39, 0.29) is 94.6 Å². The van der Waals surface area contributed by atoms with E-state index in [9.17, 15) is 29.2 Å². The number of benzene rings is 3. The molecule has 0 unspecified atom stereocenters. The van der Waals surface area contributed by atoms with Crippen LogP contribution in [0.25, 0.3) is 22.5 Å². The molecule has 4 aromatic rings. The molecule has 0 aliphatic carbocycles. The van der Waals surface area contributed by atoms with Crippen LogP contribution in [0.4, 0.5) is 0 Å². The van der Waals surface area contributed by atoms with Crippen LogP contribution in [0.5, 0.6) is 17.2 Å². The third-order valence-corrected chi connectivity index (χ3v) is 11.1. The standard InChI is InChI=1S/C49H60N8O8/c1-29(2)65-36-12-9-33(10-13-36)47-54-28-39(31(4)55-47)42(59)27-35(16-18-51)49(62)57(5)46-34-11-15-45(64-22-20-53)38(26-34)37-24-32(8-14-44(37)63-21-19-52)25-40(41(58)7-6-17-50)56-48(61)30(3)23-43(46)60/h8-15,24,26,28-30,35,40,46H,6-7,16,18-23,25,27,51-53H2,1-5H3,(H,56,61)/t30-,35-,40+,46+/m1/s1. The van der Waals surface area contributed by atoms with Crippen LogP contribution >= 0.6 is 0 Å². The highest BCUT2D eigenvalue weighted by atomic mass is 16.5. The lowest BCUT2D eigenvalue weighted by Crippen LogP contribution is -2.46. The van der Waals surface area contributed by atoms with Gasteiger partial charge in [0.25, 0.3) is 0 Å². The lowest BCUT2D eigenvalue weighted by Gasteiger charge is -2.32. The summed E-state index contributed by atoms with van der Waals surface area (Å²) in [5.74, 6) is -2.12. The predicted octanol–water partition coefficient (Wildman–Crippen LogP) is 4.83. The highest BCUT2D eigenvalue weighted by Gasteiger charge is 2.36. The van der Waals surface area contributed by atoms with Crippen molar-refractivity contribution in [2.24, 2.45) is 29.0 Å². The molecule has 65 heavy (non-hydrogen) atoms. The zero-order chi connectivity index (χ0) is 47.2. The lowest BCUT2D eigenvalue weighted by molar-refractivity contribution is -0.142. The Bertz CT molecular complexity index is 2380. The minimum atomic E-state index is -1.25. The zero-order valence-corrected chi connectivity index (χ0v) is 37.8. The second-order valence-electron chi connectivity index (χ2n) is 16.5. The molecule has 2 amide bonds. The molecular weight excluding hydrogens is 829 g/mol. The predicted molar refractivity (Wildman–Crippen MR) is 245 cm³/mol. The molecule has 0 spiro atoms. The molecule has 2 heterocycles. The van der Waals surface area contributed by atoms with Crippen molar-refractivity contribution in [1.29, 1.82) is 5.26 Å². The molecule has 5 rings (SSSR count). The Morgan fingerprint density at radius 2 is 1.58 bits per heavy atom. The maximum atomic E-state index is 14.7. The number of rotatable bonds is 19. The molecule has 1 aliphatic heterocycles. The van der Waals surface area contributed by atoms with Gasteiger partial charge in [-0.1, -0.05) is 19.1 Å². The van der Waals surface area contributed by atoms with Gasteiger partial charge in [0.2, 0.25) is 11.8 Å². The molecule has 4 atom stereocenters. The van der Waals surface area contributed by atoms with E-state index in [1.165, 1.54) is 18.1 Å². The van der Waals surface area contributed by atoms with Crippen LogP contribution in [0.1, 0.15) is 86.1 Å². The monoisotopic (exact) mass is 888 g/mol. The first-order valence-electron chi connectivity index (χ1n) is 22.0. The van der Waals surface area contributed by atoms with E-state index in [1.807, 2.05) is 50.2 Å². The van der Waals surface area contributed by atoms with Crippen molar-refractivity contribution in [2.45, 2.75) is 84.4 Å². The van der Waals surface area contributed by atoms with E-state index >= 15 is 0 Å².